The minimum Gasteiger partial charge on any atom is -0.387 e. The fourth-order valence-electron chi connectivity index (χ4n) is 2.22. The summed E-state index contributed by atoms with van der Waals surface area (Å²) in [6.45, 7) is 6.38. The molecule has 1 unspecified atom stereocenters. The molecule has 106 valence electrons. The number of carbonyl (C=O) groups excluding carboxylic acids is 1. The second-order valence-corrected chi connectivity index (χ2v) is 5.79. The van der Waals surface area contributed by atoms with Crippen molar-refractivity contribution < 1.29 is 9.90 Å². The Balaban J connectivity index is 2.65. The maximum atomic E-state index is 12.0. The summed E-state index contributed by atoms with van der Waals surface area (Å²) >= 11 is 0. The second kappa shape index (κ2) is 6.17. The Hall–Kier alpha value is -1.39. The standard InChI is InChI=1S/C15H24N2O2/c1-11-6-12(2)8-13(7-11)14(18)16-9-15(3,19)10-17(4)5/h6-8,19H,9-10H2,1-5H3,(H,16,18). The van der Waals surface area contributed by atoms with Gasteiger partial charge >= 0.3 is 0 Å². The maximum absolute atomic E-state index is 12.0. The van der Waals surface area contributed by atoms with Crippen molar-refractivity contribution in [2.24, 2.45) is 0 Å². The molecule has 1 rings (SSSR count). The van der Waals surface area contributed by atoms with E-state index in [0.29, 0.717) is 12.1 Å². The summed E-state index contributed by atoms with van der Waals surface area (Å²) in [5.74, 6) is -0.147. The van der Waals surface area contributed by atoms with E-state index >= 15 is 0 Å². The first-order valence-electron chi connectivity index (χ1n) is 6.43. The molecule has 0 spiro atoms. The van der Waals surface area contributed by atoms with Gasteiger partial charge in [0, 0.05) is 18.7 Å². The minimum absolute atomic E-state index is 0.147. The van der Waals surface area contributed by atoms with Crippen LogP contribution in [0, 0.1) is 13.8 Å². The van der Waals surface area contributed by atoms with Crippen LogP contribution in [0.5, 0.6) is 0 Å². The summed E-state index contributed by atoms with van der Waals surface area (Å²) in [7, 11) is 3.78. The van der Waals surface area contributed by atoms with Crippen LogP contribution in [0.3, 0.4) is 0 Å². The average Bonchev–Trinajstić information content (AvgIpc) is 2.22. The van der Waals surface area contributed by atoms with E-state index in [1.54, 1.807) is 6.92 Å². The van der Waals surface area contributed by atoms with Crippen molar-refractivity contribution >= 4 is 5.91 Å². The second-order valence-electron chi connectivity index (χ2n) is 5.79. The molecule has 1 aromatic carbocycles. The lowest BCUT2D eigenvalue weighted by Gasteiger charge is -2.27. The summed E-state index contributed by atoms with van der Waals surface area (Å²) in [5.41, 5.74) is 1.83. The highest BCUT2D eigenvalue weighted by Crippen LogP contribution is 2.09. The third-order valence-electron chi connectivity index (χ3n) is 2.77. The van der Waals surface area contributed by atoms with Crippen LogP contribution in [0.4, 0.5) is 0 Å². The number of hydrogen-bond donors (Lipinski definition) is 2. The first-order chi connectivity index (χ1) is 8.69. The van der Waals surface area contributed by atoms with Crippen LogP contribution in [0.25, 0.3) is 0 Å². The first kappa shape index (κ1) is 15.7. The average molecular weight is 264 g/mol. The van der Waals surface area contributed by atoms with Crippen LogP contribution in [0.1, 0.15) is 28.4 Å². The Morgan fingerprint density at radius 1 is 1.26 bits per heavy atom. The Bertz CT molecular complexity index is 433. The SMILES string of the molecule is Cc1cc(C)cc(C(=O)NCC(C)(O)CN(C)C)c1. The lowest BCUT2D eigenvalue weighted by Crippen LogP contribution is -2.47. The van der Waals surface area contributed by atoms with Crippen molar-refractivity contribution in [2.45, 2.75) is 26.4 Å². The normalized spacial score (nSPS) is 14.3. The van der Waals surface area contributed by atoms with E-state index in [4.69, 9.17) is 0 Å². The van der Waals surface area contributed by atoms with Gasteiger partial charge in [0.25, 0.3) is 5.91 Å². The summed E-state index contributed by atoms with van der Waals surface area (Å²) in [6.07, 6.45) is 0. The molecule has 0 aliphatic rings. The number of amides is 1. The van der Waals surface area contributed by atoms with Crippen LogP contribution in [0.2, 0.25) is 0 Å². The van der Waals surface area contributed by atoms with Crippen molar-refractivity contribution in [3.8, 4) is 0 Å². The van der Waals surface area contributed by atoms with Crippen molar-refractivity contribution in [1.29, 1.82) is 0 Å². The zero-order valence-corrected chi connectivity index (χ0v) is 12.4. The molecule has 1 atom stereocenters. The number of hydrogen-bond acceptors (Lipinski definition) is 3. The van der Waals surface area contributed by atoms with Crippen molar-refractivity contribution in [3.05, 3.63) is 34.9 Å². The summed E-state index contributed by atoms with van der Waals surface area (Å²) in [5, 5.41) is 12.9. The molecule has 4 nitrogen and oxygen atoms in total. The molecule has 19 heavy (non-hydrogen) atoms. The summed E-state index contributed by atoms with van der Waals surface area (Å²) in [4.78, 5) is 13.9. The van der Waals surface area contributed by atoms with Crippen LogP contribution >= 0.6 is 0 Å². The molecule has 0 heterocycles. The van der Waals surface area contributed by atoms with Crippen molar-refractivity contribution in [3.63, 3.8) is 0 Å². The predicted molar refractivity (Wildman–Crippen MR) is 77.4 cm³/mol. The Kier molecular flexibility index (Phi) is 5.09. The van der Waals surface area contributed by atoms with Crippen LogP contribution in [-0.2, 0) is 0 Å². The fourth-order valence-corrected chi connectivity index (χ4v) is 2.22. The lowest BCUT2D eigenvalue weighted by molar-refractivity contribution is 0.0326. The maximum Gasteiger partial charge on any atom is 0.251 e. The Morgan fingerprint density at radius 2 is 1.79 bits per heavy atom. The molecular weight excluding hydrogens is 240 g/mol. The molecule has 0 fully saturated rings. The van der Waals surface area contributed by atoms with Crippen LogP contribution in [-0.4, -0.2) is 48.7 Å². The quantitative estimate of drug-likeness (QED) is 0.844. The first-order valence-corrected chi connectivity index (χ1v) is 6.43. The third-order valence-corrected chi connectivity index (χ3v) is 2.77. The molecule has 0 saturated heterocycles. The number of carbonyl (C=O) groups is 1. The molecule has 1 amide bonds. The van der Waals surface area contributed by atoms with Crippen LogP contribution < -0.4 is 5.32 Å². The van der Waals surface area contributed by atoms with E-state index in [1.165, 1.54) is 0 Å². The van der Waals surface area contributed by atoms with Gasteiger partial charge in [0.2, 0.25) is 0 Å². The van der Waals surface area contributed by atoms with Gasteiger partial charge in [0.1, 0.15) is 0 Å². The van der Waals surface area contributed by atoms with Gasteiger partial charge in [0.05, 0.1) is 5.60 Å². The fraction of sp³-hybridized carbons (Fsp3) is 0.533. The Morgan fingerprint density at radius 3 is 2.26 bits per heavy atom. The predicted octanol–water partition coefficient (Wildman–Crippen LogP) is 1.35. The topological polar surface area (TPSA) is 52.6 Å². The number of aliphatic hydroxyl groups is 1. The van der Waals surface area contributed by atoms with E-state index in [9.17, 15) is 9.90 Å². The molecule has 0 aliphatic carbocycles. The van der Waals surface area contributed by atoms with Gasteiger partial charge < -0.3 is 15.3 Å². The highest BCUT2D eigenvalue weighted by molar-refractivity contribution is 5.94. The monoisotopic (exact) mass is 264 g/mol. The number of aryl methyl sites for hydroxylation is 2. The molecule has 4 heteroatoms. The highest BCUT2D eigenvalue weighted by atomic mass is 16.3. The van der Waals surface area contributed by atoms with Gasteiger partial charge in [-0.3, -0.25) is 4.79 Å². The number of likely N-dealkylation sites (N-methyl/N-ethyl adjacent to an activating group) is 1. The van der Waals surface area contributed by atoms with E-state index < -0.39 is 5.60 Å². The van der Waals surface area contributed by atoms with Gasteiger partial charge in [-0.05, 0) is 47.0 Å². The molecule has 0 bridgehead atoms. The molecule has 0 aromatic heterocycles. The van der Waals surface area contributed by atoms with Gasteiger partial charge in [-0.2, -0.15) is 0 Å². The summed E-state index contributed by atoms with van der Waals surface area (Å²) in [6, 6.07) is 5.73. The Labute approximate surface area is 115 Å². The van der Waals surface area contributed by atoms with Crippen LogP contribution in [0.15, 0.2) is 18.2 Å². The molecule has 1 aromatic rings. The van der Waals surface area contributed by atoms with Gasteiger partial charge in [-0.15, -0.1) is 0 Å². The van der Waals surface area contributed by atoms with Gasteiger partial charge in [0.15, 0.2) is 0 Å². The third kappa shape index (κ3) is 5.41. The molecule has 0 saturated carbocycles. The van der Waals surface area contributed by atoms with E-state index in [-0.39, 0.29) is 12.5 Å². The number of benzene rings is 1. The van der Waals surface area contributed by atoms with Gasteiger partial charge in [-0.25, -0.2) is 0 Å². The van der Waals surface area contributed by atoms with E-state index in [1.807, 2.05) is 51.0 Å². The molecule has 2 N–H and O–H groups in total. The number of nitrogens with zero attached hydrogens (tertiary/aromatic N) is 1. The summed E-state index contributed by atoms with van der Waals surface area (Å²) < 4.78 is 0. The number of rotatable bonds is 5. The van der Waals surface area contributed by atoms with Crippen molar-refractivity contribution in [2.75, 3.05) is 27.2 Å². The largest absolute Gasteiger partial charge is 0.387 e. The highest BCUT2D eigenvalue weighted by Gasteiger charge is 2.22. The minimum atomic E-state index is -0.933. The molecular formula is C15H24N2O2. The van der Waals surface area contributed by atoms with E-state index in [2.05, 4.69) is 5.32 Å². The van der Waals surface area contributed by atoms with Gasteiger partial charge in [-0.1, -0.05) is 17.2 Å². The zero-order chi connectivity index (χ0) is 14.6. The smallest absolute Gasteiger partial charge is 0.251 e. The van der Waals surface area contributed by atoms with E-state index in [0.717, 1.165) is 11.1 Å². The lowest BCUT2D eigenvalue weighted by atomic mass is 10.0. The molecule has 0 radical (unpaired) electrons. The van der Waals surface area contributed by atoms with Crippen molar-refractivity contribution in [1.82, 2.24) is 10.2 Å². The number of nitrogens with one attached hydrogen (secondary N) is 1. The molecule has 0 aliphatic heterocycles. The zero-order valence-electron chi connectivity index (χ0n) is 12.4.